The van der Waals surface area contributed by atoms with Gasteiger partial charge in [0.05, 0.1) is 37.8 Å². The van der Waals surface area contributed by atoms with Crippen LogP contribution in [0.15, 0.2) is 29.2 Å². The fourth-order valence-corrected chi connectivity index (χ4v) is 2.83. The third kappa shape index (κ3) is 7.00. The molecule has 0 radical (unpaired) electrons. The number of ether oxygens (including phenoxy) is 2. The Labute approximate surface area is 138 Å². The molecule has 134 valence electrons. The molecule has 0 fully saturated rings. The SMILES string of the molecule is O=C(O)CCOCCOCCNS(=O)(=O)c1ccccc1[N+](=O)[O-]. The van der Waals surface area contributed by atoms with E-state index in [0.717, 1.165) is 12.1 Å². The van der Waals surface area contributed by atoms with E-state index in [0.29, 0.717) is 0 Å². The molecule has 1 aromatic carbocycles. The van der Waals surface area contributed by atoms with Crippen molar-refractivity contribution in [1.29, 1.82) is 0 Å². The van der Waals surface area contributed by atoms with Crippen molar-refractivity contribution in [3.63, 3.8) is 0 Å². The summed E-state index contributed by atoms with van der Waals surface area (Å²) in [6, 6.07) is 5.04. The van der Waals surface area contributed by atoms with Crippen LogP contribution in [0.1, 0.15) is 6.42 Å². The van der Waals surface area contributed by atoms with Crippen molar-refractivity contribution in [2.24, 2.45) is 0 Å². The lowest BCUT2D eigenvalue weighted by Gasteiger charge is -2.08. The maximum atomic E-state index is 12.0. The Hall–Kier alpha value is -2.08. The molecule has 0 aromatic heterocycles. The van der Waals surface area contributed by atoms with Gasteiger partial charge in [-0.05, 0) is 6.07 Å². The van der Waals surface area contributed by atoms with Gasteiger partial charge in [0.25, 0.3) is 5.69 Å². The molecular formula is C13H18N2O8S. The van der Waals surface area contributed by atoms with Crippen LogP contribution in [-0.2, 0) is 24.3 Å². The molecule has 0 aliphatic rings. The van der Waals surface area contributed by atoms with Crippen LogP contribution < -0.4 is 4.72 Å². The molecule has 1 rings (SSSR count). The van der Waals surface area contributed by atoms with Gasteiger partial charge in [-0.1, -0.05) is 12.1 Å². The van der Waals surface area contributed by atoms with Crippen LogP contribution in [0, 0.1) is 10.1 Å². The number of hydrogen-bond donors (Lipinski definition) is 2. The van der Waals surface area contributed by atoms with E-state index in [1.54, 1.807) is 0 Å². The van der Waals surface area contributed by atoms with Crippen molar-refractivity contribution >= 4 is 21.7 Å². The molecule has 0 aliphatic heterocycles. The molecule has 0 spiro atoms. The quantitative estimate of drug-likeness (QED) is 0.308. The molecule has 0 amide bonds. The average molecular weight is 362 g/mol. The number of aliphatic carboxylic acids is 1. The molecule has 0 heterocycles. The van der Waals surface area contributed by atoms with Crippen molar-refractivity contribution in [1.82, 2.24) is 4.72 Å². The van der Waals surface area contributed by atoms with Crippen LogP contribution in [0.2, 0.25) is 0 Å². The van der Waals surface area contributed by atoms with Crippen LogP contribution in [0.4, 0.5) is 5.69 Å². The molecular weight excluding hydrogens is 344 g/mol. The number of carbonyl (C=O) groups is 1. The molecule has 0 saturated heterocycles. The Kier molecular flexibility index (Phi) is 8.26. The van der Waals surface area contributed by atoms with Gasteiger partial charge >= 0.3 is 5.97 Å². The Balaban J connectivity index is 2.32. The van der Waals surface area contributed by atoms with Gasteiger partial charge in [0.1, 0.15) is 0 Å². The summed E-state index contributed by atoms with van der Waals surface area (Å²) in [6.07, 6.45) is -0.102. The topological polar surface area (TPSA) is 145 Å². The number of nitro groups is 1. The number of sulfonamides is 1. The highest BCUT2D eigenvalue weighted by Crippen LogP contribution is 2.22. The first kappa shape index (κ1) is 20.0. The number of nitro benzene ring substituents is 1. The normalized spacial score (nSPS) is 11.3. The van der Waals surface area contributed by atoms with Crippen LogP contribution in [-0.4, -0.2) is 57.4 Å². The van der Waals surface area contributed by atoms with Gasteiger partial charge < -0.3 is 14.6 Å². The monoisotopic (exact) mass is 362 g/mol. The predicted molar refractivity (Wildman–Crippen MR) is 82.2 cm³/mol. The van der Waals surface area contributed by atoms with Crippen LogP contribution >= 0.6 is 0 Å². The summed E-state index contributed by atoms with van der Waals surface area (Å²) in [5.74, 6) is -0.958. The number of carboxylic acids is 1. The number of nitrogens with one attached hydrogen (secondary N) is 1. The van der Waals surface area contributed by atoms with E-state index in [4.69, 9.17) is 14.6 Å². The minimum absolute atomic E-state index is 0.0438. The standard InChI is InChI=1S/C13H18N2O8S/c16-13(17)5-7-22-9-10-23-8-6-14-24(20,21)12-4-2-1-3-11(12)15(18)19/h1-4,14H,5-10H2,(H,16,17). The molecule has 11 heteroatoms. The average Bonchev–Trinajstić information content (AvgIpc) is 2.53. The smallest absolute Gasteiger partial charge is 0.305 e. The van der Waals surface area contributed by atoms with Crippen molar-refractivity contribution in [2.75, 3.05) is 33.0 Å². The Morgan fingerprint density at radius 1 is 1.17 bits per heavy atom. The Bertz CT molecular complexity index is 662. The lowest BCUT2D eigenvalue weighted by Crippen LogP contribution is -2.28. The summed E-state index contributed by atoms with van der Waals surface area (Å²) in [4.78, 5) is 19.9. The number of benzene rings is 1. The van der Waals surface area contributed by atoms with Gasteiger partial charge in [0.15, 0.2) is 4.90 Å². The number of hydrogen-bond acceptors (Lipinski definition) is 7. The molecule has 0 atom stereocenters. The van der Waals surface area contributed by atoms with Crippen molar-refractivity contribution in [2.45, 2.75) is 11.3 Å². The fraction of sp³-hybridized carbons (Fsp3) is 0.462. The maximum Gasteiger partial charge on any atom is 0.305 e. The van der Waals surface area contributed by atoms with Crippen LogP contribution in [0.5, 0.6) is 0 Å². The zero-order valence-electron chi connectivity index (χ0n) is 12.7. The third-order valence-corrected chi connectivity index (χ3v) is 4.23. The van der Waals surface area contributed by atoms with E-state index in [1.807, 2.05) is 0 Å². The van der Waals surface area contributed by atoms with Gasteiger partial charge in [-0.3, -0.25) is 14.9 Å². The zero-order chi connectivity index (χ0) is 18.0. The summed E-state index contributed by atoms with van der Waals surface area (Å²) in [7, 11) is -4.02. The van der Waals surface area contributed by atoms with Crippen LogP contribution in [0.3, 0.4) is 0 Å². The lowest BCUT2D eigenvalue weighted by molar-refractivity contribution is -0.387. The minimum atomic E-state index is -4.02. The Morgan fingerprint density at radius 3 is 2.42 bits per heavy atom. The number of para-hydroxylation sites is 1. The van der Waals surface area contributed by atoms with Gasteiger partial charge in [-0.2, -0.15) is 0 Å². The van der Waals surface area contributed by atoms with Gasteiger partial charge in [-0.15, -0.1) is 0 Å². The summed E-state index contributed by atoms with van der Waals surface area (Å²) in [5, 5.41) is 19.2. The van der Waals surface area contributed by atoms with E-state index in [9.17, 15) is 23.3 Å². The van der Waals surface area contributed by atoms with Gasteiger partial charge in [-0.25, -0.2) is 13.1 Å². The summed E-state index contributed by atoms with van der Waals surface area (Å²) in [6.45, 7) is 0.408. The highest BCUT2D eigenvalue weighted by Gasteiger charge is 2.24. The molecule has 10 nitrogen and oxygen atoms in total. The molecule has 1 aromatic rings. The molecule has 24 heavy (non-hydrogen) atoms. The van der Waals surface area contributed by atoms with Gasteiger partial charge in [0, 0.05) is 12.6 Å². The number of rotatable bonds is 12. The second-order valence-corrected chi connectivity index (χ2v) is 6.23. The first-order valence-corrected chi connectivity index (χ1v) is 8.43. The van der Waals surface area contributed by atoms with E-state index >= 15 is 0 Å². The van der Waals surface area contributed by atoms with Crippen molar-refractivity contribution < 1.29 is 32.7 Å². The first-order chi connectivity index (χ1) is 11.3. The third-order valence-electron chi connectivity index (χ3n) is 2.72. The second-order valence-electron chi connectivity index (χ2n) is 4.49. The zero-order valence-corrected chi connectivity index (χ0v) is 13.5. The minimum Gasteiger partial charge on any atom is -0.481 e. The summed E-state index contributed by atoms with van der Waals surface area (Å²) in [5.41, 5.74) is -0.502. The molecule has 2 N–H and O–H groups in total. The second kappa shape index (κ2) is 9.93. The highest BCUT2D eigenvalue weighted by atomic mass is 32.2. The largest absolute Gasteiger partial charge is 0.481 e. The van der Waals surface area contributed by atoms with Crippen molar-refractivity contribution in [3.8, 4) is 0 Å². The van der Waals surface area contributed by atoms with Crippen molar-refractivity contribution in [3.05, 3.63) is 34.4 Å². The fourth-order valence-electron chi connectivity index (χ4n) is 1.64. The molecule has 0 saturated carbocycles. The predicted octanol–water partition coefficient (Wildman–Crippen LogP) is 0.381. The Morgan fingerprint density at radius 2 is 1.79 bits per heavy atom. The van der Waals surface area contributed by atoms with E-state index < -0.39 is 31.5 Å². The lowest BCUT2D eigenvalue weighted by atomic mass is 10.3. The molecule has 0 aliphatic carbocycles. The number of carboxylic acid groups (broad SMARTS) is 1. The van der Waals surface area contributed by atoms with E-state index in [2.05, 4.69) is 4.72 Å². The number of nitrogens with zero attached hydrogens (tertiary/aromatic N) is 1. The van der Waals surface area contributed by atoms with E-state index in [-0.39, 0.29) is 39.4 Å². The van der Waals surface area contributed by atoms with Gasteiger partial charge in [0.2, 0.25) is 10.0 Å². The van der Waals surface area contributed by atoms with Crippen LogP contribution in [0.25, 0.3) is 0 Å². The first-order valence-electron chi connectivity index (χ1n) is 6.95. The summed E-state index contributed by atoms with van der Waals surface area (Å²) >= 11 is 0. The van der Waals surface area contributed by atoms with E-state index in [1.165, 1.54) is 12.1 Å². The highest BCUT2D eigenvalue weighted by molar-refractivity contribution is 7.89. The summed E-state index contributed by atoms with van der Waals surface area (Å²) < 4.78 is 36.4. The molecule has 0 unspecified atom stereocenters. The maximum absolute atomic E-state index is 12.0. The molecule has 0 bridgehead atoms.